The summed E-state index contributed by atoms with van der Waals surface area (Å²) in [7, 11) is 0. The molecule has 1 radical (unpaired) electrons. The molecule has 2 aliphatic heterocycles. The van der Waals surface area contributed by atoms with Crippen LogP contribution in [-0.2, 0) is 14.2 Å². The molecule has 5 nitrogen and oxygen atoms in total. The maximum absolute atomic E-state index is 5.92. The van der Waals surface area contributed by atoms with Crippen LogP contribution in [0, 0.1) is 6.07 Å². The van der Waals surface area contributed by atoms with Crippen molar-refractivity contribution in [1.82, 2.24) is 5.32 Å². The third-order valence-corrected chi connectivity index (χ3v) is 3.83. The first-order valence-corrected chi connectivity index (χ1v) is 7.00. The van der Waals surface area contributed by atoms with Gasteiger partial charge in [0, 0.05) is 13.0 Å². The van der Waals surface area contributed by atoms with E-state index in [0.717, 1.165) is 12.3 Å². The zero-order valence-electron chi connectivity index (χ0n) is 11.7. The number of rotatable bonds is 5. The Bertz CT molecular complexity index is 425. The second kappa shape index (κ2) is 5.69. The maximum atomic E-state index is 5.92. The third kappa shape index (κ3) is 2.54. The number of nitrogens with one attached hydrogen (secondary N) is 1. The molecule has 2 saturated heterocycles. The Kier molecular flexibility index (Phi) is 3.94. The first-order valence-electron chi connectivity index (χ1n) is 7.00. The zero-order valence-corrected chi connectivity index (χ0v) is 11.7. The summed E-state index contributed by atoms with van der Waals surface area (Å²) in [5.41, 5.74) is -0.637. The van der Waals surface area contributed by atoms with E-state index in [2.05, 4.69) is 11.4 Å². The molecule has 0 aromatic heterocycles. The Morgan fingerprint density at radius 1 is 1.30 bits per heavy atom. The molecule has 5 heteroatoms. The first-order chi connectivity index (χ1) is 9.74. The third-order valence-electron chi connectivity index (χ3n) is 3.83. The highest BCUT2D eigenvalue weighted by molar-refractivity contribution is 5.20. The number of ether oxygens (including phenoxy) is 4. The molecular formula is C15H20NO4. The lowest BCUT2D eigenvalue weighted by atomic mass is 10.0. The first kappa shape index (κ1) is 13.8. The standard InChI is InChI=1S/C15H20NO4/c1-14(18-11-12-19-14)15(16-8-10-20-15)7-9-17-13-5-3-2-4-6-13/h2-3,5-6,16H,7-12H2,1H3. The van der Waals surface area contributed by atoms with Crippen LogP contribution in [0.4, 0.5) is 0 Å². The van der Waals surface area contributed by atoms with Crippen LogP contribution in [0.25, 0.3) is 0 Å². The normalized spacial score (nSPS) is 28.6. The Morgan fingerprint density at radius 3 is 2.80 bits per heavy atom. The molecule has 0 saturated carbocycles. The monoisotopic (exact) mass is 278 g/mol. The summed E-state index contributed by atoms with van der Waals surface area (Å²) in [6.45, 7) is 5.08. The number of hydrogen-bond acceptors (Lipinski definition) is 5. The van der Waals surface area contributed by atoms with Crippen LogP contribution in [0.5, 0.6) is 5.75 Å². The van der Waals surface area contributed by atoms with Gasteiger partial charge in [0.05, 0.1) is 26.4 Å². The molecular weight excluding hydrogens is 258 g/mol. The molecule has 0 bridgehead atoms. The smallest absolute Gasteiger partial charge is 0.209 e. The van der Waals surface area contributed by atoms with Crippen LogP contribution in [-0.4, -0.2) is 44.5 Å². The van der Waals surface area contributed by atoms with Gasteiger partial charge < -0.3 is 18.9 Å². The van der Waals surface area contributed by atoms with Crippen LogP contribution < -0.4 is 10.1 Å². The van der Waals surface area contributed by atoms with Crippen molar-refractivity contribution in [2.24, 2.45) is 0 Å². The fourth-order valence-electron chi connectivity index (χ4n) is 2.74. The van der Waals surface area contributed by atoms with Gasteiger partial charge in [-0.15, -0.1) is 0 Å². The molecule has 3 rings (SSSR count). The topological polar surface area (TPSA) is 49.0 Å². The number of benzene rings is 1. The largest absolute Gasteiger partial charge is 0.493 e. The molecule has 2 fully saturated rings. The highest BCUT2D eigenvalue weighted by Gasteiger charge is 2.55. The van der Waals surface area contributed by atoms with Crippen molar-refractivity contribution < 1.29 is 18.9 Å². The summed E-state index contributed by atoms with van der Waals surface area (Å²) >= 11 is 0. The van der Waals surface area contributed by atoms with Gasteiger partial charge in [0.1, 0.15) is 5.75 Å². The second-order valence-corrected chi connectivity index (χ2v) is 5.08. The van der Waals surface area contributed by atoms with Crippen molar-refractivity contribution in [1.29, 1.82) is 0 Å². The molecule has 1 unspecified atom stereocenters. The zero-order chi connectivity index (χ0) is 13.9. The van der Waals surface area contributed by atoms with Crippen molar-refractivity contribution in [3.8, 4) is 5.75 Å². The van der Waals surface area contributed by atoms with E-state index in [-0.39, 0.29) is 0 Å². The van der Waals surface area contributed by atoms with Crippen LogP contribution in [0.3, 0.4) is 0 Å². The molecule has 1 aromatic rings. The van der Waals surface area contributed by atoms with Crippen LogP contribution in [0.2, 0.25) is 0 Å². The van der Waals surface area contributed by atoms with E-state index in [4.69, 9.17) is 18.9 Å². The molecule has 0 spiro atoms. The Labute approximate surface area is 119 Å². The van der Waals surface area contributed by atoms with E-state index < -0.39 is 11.5 Å². The highest BCUT2D eigenvalue weighted by atomic mass is 16.8. The Morgan fingerprint density at radius 2 is 2.15 bits per heavy atom. The minimum atomic E-state index is -0.754. The molecule has 0 aliphatic carbocycles. The van der Waals surface area contributed by atoms with Gasteiger partial charge >= 0.3 is 0 Å². The van der Waals surface area contributed by atoms with Crippen molar-refractivity contribution in [2.75, 3.05) is 33.0 Å². The summed E-state index contributed by atoms with van der Waals surface area (Å²) in [5.74, 6) is 0.0504. The molecule has 2 aliphatic rings. The van der Waals surface area contributed by atoms with E-state index in [1.165, 1.54) is 0 Å². The quantitative estimate of drug-likeness (QED) is 0.880. The van der Waals surface area contributed by atoms with Crippen LogP contribution in [0.15, 0.2) is 24.3 Å². The number of hydrogen-bond donors (Lipinski definition) is 1. The van der Waals surface area contributed by atoms with E-state index in [9.17, 15) is 0 Å². The summed E-state index contributed by atoms with van der Waals surface area (Å²) in [4.78, 5) is 0. The molecule has 20 heavy (non-hydrogen) atoms. The fraction of sp³-hybridized carbons (Fsp3) is 0.600. The highest BCUT2D eigenvalue weighted by Crippen LogP contribution is 2.37. The molecule has 109 valence electrons. The van der Waals surface area contributed by atoms with Gasteiger partial charge in [-0.2, -0.15) is 0 Å². The van der Waals surface area contributed by atoms with Crippen molar-refractivity contribution in [3.05, 3.63) is 30.3 Å². The Balaban J connectivity index is 1.63. The molecule has 1 N–H and O–H groups in total. The van der Waals surface area contributed by atoms with Gasteiger partial charge in [-0.3, -0.25) is 5.32 Å². The average Bonchev–Trinajstić information content (AvgIpc) is 3.11. The van der Waals surface area contributed by atoms with Crippen LogP contribution in [0.1, 0.15) is 13.3 Å². The fourth-order valence-corrected chi connectivity index (χ4v) is 2.74. The minimum Gasteiger partial charge on any atom is -0.493 e. The van der Waals surface area contributed by atoms with E-state index in [0.29, 0.717) is 32.8 Å². The van der Waals surface area contributed by atoms with Gasteiger partial charge in [-0.25, -0.2) is 0 Å². The van der Waals surface area contributed by atoms with Gasteiger partial charge in [0.15, 0.2) is 5.72 Å². The lowest BCUT2D eigenvalue weighted by Crippen LogP contribution is -2.61. The van der Waals surface area contributed by atoms with Crippen LogP contribution >= 0.6 is 0 Å². The molecule has 2 heterocycles. The minimum absolute atomic E-state index is 0.521. The van der Waals surface area contributed by atoms with Gasteiger partial charge in [-0.1, -0.05) is 12.1 Å². The van der Waals surface area contributed by atoms with E-state index in [1.807, 2.05) is 31.2 Å². The summed E-state index contributed by atoms with van der Waals surface area (Å²) in [5, 5.41) is 3.38. The lowest BCUT2D eigenvalue weighted by molar-refractivity contribution is -0.272. The van der Waals surface area contributed by atoms with Gasteiger partial charge in [-0.05, 0) is 25.1 Å². The molecule has 0 amide bonds. The summed E-state index contributed by atoms with van der Waals surface area (Å²) in [6.07, 6.45) is 0.651. The average molecular weight is 278 g/mol. The SMILES string of the molecule is CC1(C2(CCOc3c[c]ccc3)NCCO2)OCCO1. The second-order valence-electron chi connectivity index (χ2n) is 5.08. The van der Waals surface area contributed by atoms with Crippen molar-refractivity contribution in [2.45, 2.75) is 24.9 Å². The maximum Gasteiger partial charge on any atom is 0.209 e. The predicted octanol–water partition coefficient (Wildman–Crippen LogP) is 1.33. The van der Waals surface area contributed by atoms with E-state index in [1.54, 1.807) is 0 Å². The van der Waals surface area contributed by atoms with Crippen molar-refractivity contribution >= 4 is 0 Å². The lowest BCUT2D eigenvalue weighted by Gasteiger charge is -2.40. The van der Waals surface area contributed by atoms with Gasteiger partial charge in [0.2, 0.25) is 5.79 Å². The summed E-state index contributed by atoms with van der Waals surface area (Å²) < 4.78 is 23.2. The Hall–Kier alpha value is -1.14. The predicted molar refractivity (Wildman–Crippen MR) is 72.4 cm³/mol. The summed E-state index contributed by atoms with van der Waals surface area (Å²) in [6, 6.07) is 10.5. The molecule has 1 atom stereocenters. The molecule has 1 aromatic carbocycles. The van der Waals surface area contributed by atoms with Crippen molar-refractivity contribution in [3.63, 3.8) is 0 Å². The van der Waals surface area contributed by atoms with Gasteiger partial charge in [0.25, 0.3) is 0 Å². The van der Waals surface area contributed by atoms with E-state index >= 15 is 0 Å².